The van der Waals surface area contributed by atoms with E-state index in [4.69, 9.17) is 10.5 Å². The molecule has 0 aromatic heterocycles. The third-order valence-electron chi connectivity index (χ3n) is 3.73. The first-order chi connectivity index (χ1) is 9.75. The monoisotopic (exact) mass is 276 g/mol. The fourth-order valence-corrected chi connectivity index (χ4v) is 2.59. The second kappa shape index (κ2) is 7.78. The lowest BCUT2D eigenvalue weighted by atomic mass is 10.1. The molecule has 1 aromatic rings. The SMILES string of the molecule is Nc1ccccc1OCCC(=O)NC1CCCCCC1. The maximum absolute atomic E-state index is 11.9. The molecule has 0 saturated heterocycles. The van der Waals surface area contributed by atoms with Gasteiger partial charge in [-0.25, -0.2) is 0 Å². The van der Waals surface area contributed by atoms with Crippen LogP contribution in [0.2, 0.25) is 0 Å². The van der Waals surface area contributed by atoms with Gasteiger partial charge in [0.15, 0.2) is 0 Å². The molecule has 110 valence electrons. The molecule has 1 amide bonds. The van der Waals surface area contributed by atoms with Crippen LogP contribution in [0.5, 0.6) is 5.75 Å². The van der Waals surface area contributed by atoms with Gasteiger partial charge in [-0.3, -0.25) is 4.79 Å². The van der Waals surface area contributed by atoms with Gasteiger partial charge >= 0.3 is 0 Å². The Morgan fingerprint density at radius 2 is 1.90 bits per heavy atom. The van der Waals surface area contributed by atoms with Gasteiger partial charge in [-0.15, -0.1) is 0 Å². The van der Waals surface area contributed by atoms with Gasteiger partial charge in [-0.05, 0) is 25.0 Å². The van der Waals surface area contributed by atoms with Crippen LogP contribution in [-0.4, -0.2) is 18.6 Å². The highest BCUT2D eigenvalue weighted by Gasteiger charge is 2.14. The van der Waals surface area contributed by atoms with Crippen LogP contribution in [0.3, 0.4) is 0 Å². The van der Waals surface area contributed by atoms with E-state index in [1.165, 1.54) is 25.7 Å². The highest BCUT2D eigenvalue weighted by atomic mass is 16.5. The summed E-state index contributed by atoms with van der Waals surface area (Å²) in [7, 11) is 0. The first-order valence-corrected chi connectivity index (χ1v) is 7.52. The second-order valence-electron chi connectivity index (χ2n) is 5.39. The number of amides is 1. The van der Waals surface area contributed by atoms with E-state index in [1.54, 1.807) is 6.07 Å². The van der Waals surface area contributed by atoms with Gasteiger partial charge < -0.3 is 15.8 Å². The van der Waals surface area contributed by atoms with E-state index in [0.29, 0.717) is 30.5 Å². The predicted octanol–water partition coefficient (Wildman–Crippen LogP) is 2.88. The Bertz CT molecular complexity index is 426. The molecule has 1 aliphatic rings. The van der Waals surface area contributed by atoms with Crippen molar-refractivity contribution < 1.29 is 9.53 Å². The lowest BCUT2D eigenvalue weighted by Crippen LogP contribution is -2.35. The Hall–Kier alpha value is -1.71. The van der Waals surface area contributed by atoms with Crippen molar-refractivity contribution in [1.82, 2.24) is 5.32 Å². The van der Waals surface area contributed by atoms with E-state index in [0.717, 1.165) is 12.8 Å². The van der Waals surface area contributed by atoms with Crippen molar-refractivity contribution in [3.63, 3.8) is 0 Å². The van der Waals surface area contributed by atoms with Gasteiger partial charge in [-0.2, -0.15) is 0 Å². The van der Waals surface area contributed by atoms with Crippen molar-refractivity contribution in [2.75, 3.05) is 12.3 Å². The van der Waals surface area contributed by atoms with Crippen molar-refractivity contribution in [2.45, 2.75) is 51.0 Å². The van der Waals surface area contributed by atoms with E-state index in [2.05, 4.69) is 5.32 Å². The van der Waals surface area contributed by atoms with Crippen LogP contribution in [0.25, 0.3) is 0 Å². The lowest BCUT2D eigenvalue weighted by Gasteiger charge is -2.16. The van der Waals surface area contributed by atoms with Gasteiger partial charge in [0.05, 0.1) is 18.7 Å². The predicted molar refractivity (Wildman–Crippen MR) is 80.6 cm³/mol. The Balaban J connectivity index is 1.68. The summed E-state index contributed by atoms with van der Waals surface area (Å²) in [5.41, 5.74) is 6.39. The zero-order chi connectivity index (χ0) is 14.2. The summed E-state index contributed by atoms with van der Waals surface area (Å²) in [6.07, 6.45) is 7.64. The molecule has 0 atom stereocenters. The third kappa shape index (κ3) is 4.76. The summed E-state index contributed by atoms with van der Waals surface area (Å²) in [6.45, 7) is 0.368. The fraction of sp³-hybridized carbons (Fsp3) is 0.562. The molecule has 0 radical (unpaired) electrons. The zero-order valence-corrected chi connectivity index (χ0v) is 11.9. The number of nitrogens with two attached hydrogens (primary N) is 1. The van der Waals surface area contributed by atoms with Gasteiger partial charge in [0.1, 0.15) is 5.75 Å². The molecule has 3 N–H and O–H groups in total. The molecule has 1 fully saturated rings. The van der Waals surface area contributed by atoms with Crippen LogP contribution in [0, 0.1) is 0 Å². The van der Waals surface area contributed by atoms with Gasteiger partial charge in [0.2, 0.25) is 5.91 Å². The van der Waals surface area contributed by atoms with Gasteiger partial charge in [-0.1, -0.05) is 37.8 Å². The molecule has 1 saturated carbocycles. The van der Waals surface area contributed by atoms with Crippen molar-refractivity contribution >= 4 is 11.6 Å². The molecular weight excluding hydrogens is 252 g/mol. The number of nitrogen functional groups attached to an aromatic ring is 1. The van der Waals surface area contributed by atoms with E-state index < -0.39 is 0 Å². The van der Waals surface area contributed by atoms with E-state index >= 15 is 0 Å². The zero-order valence-electron chi connectivity index (χ0n) is 11.9. The van der Waals surface area contributed by atoms with E-state index in [9.17, 15) is 4.79 Å². The average Bonchev–Trinajstić information content (AvgIpc) is 2.69. The molecule has 20 heavy (non-hydrogen) atoms. The summed E-state index contributed by atoms with van der Waals surface area (Å²) in [5, 5.41) is 3.11. The van der Waals surface area contributed by atoms with Crippen molar-refractivity contribution in [2.24, 2.45) is 0 Å². The average molecular weight is 276 g/mol. The molecule has 0 bridgehead atoms. The molecule has 0 heterocycles. The number of hydrogen-bond acceptors (Lipinski definition) is 3. The highest BCUT2D eigenvalue weighted by Crippen LogP contribution is 2.20. The standard InChI is InChI=1S/C16H24N2O2/c17-14-9-5-6-10-15(14)20-12-11-16(19)18-13-7-3-1-2-4-8-13/h5-6,9-10,13H,1-4,7-8,11-12,17H2,(H,18,19). The minimum absolute atomic E-state index is 0.0754. The number of anilines is 1. The summed E-state index contributed by atoms with van der Waals surface area (Å²) < 4.78 is 5.54. The molecule has 2 rings (SSSR count). The van der Waals surface area contributed by atoms with Crippen LogP contribution >= 0.6 is 0 Å². The minimum Gasteiger partial charge on any atom is -0.491 e. The van der Waals surface area contributed by atoms with Crippen LogP contribution in [0.1, 0.15) is 44.9 Å². The number of nitrogens with one attached hydrogen (secondary N) is 1. The van der Waals surface area contributed by atoms with Crippen molar-refractivity contribution in [3.8, 4) is 5.75 Å². The number of carbonyl (C=O) groups excluding carboxylic acids is 1. The largest absolute Gasteiger partial charge is 0.491 e. The Labute approximate surface area is 120 Å². The van der Waals surface area contributed by atoms with Crippen molar-refractivity contribution in [3.05, 3.63) is 24.3 Å². The summed E-state index contributed by atoms with van der Waals surface area (Å²) >= 11 is 0. The number of para-hydroxylation sites is 2. The molecule has 1 aromatic carbocycles. The quantitative estimate of drug-likeness (QED) is 0.642. The summed E-state index contributed by atoms with van der Waals surface area (Å²) in [4.78, 5) is 11.9. The summed E-state index contributed by atoms with van der Waals surface area (Å²) in [5.74, 6) is 0.723. The third-order valence-corrected chi connectivity index (χ3v) is 3.73. The van der Waals surface area contributed by atoms with Gasteiger partial charge in [0.25, 0.3) is 0 Å². The Morgan fingerprint density at radius 3 is 2.60 bits per heavy atom. The highest BCUT2D eigenvalue weighted by molar-refractivity contribution is 5.76. The molecule has 1 aliphatic carbocycles. The van der Waals surface area contributed by atoms with E-state index in [1.807, 2.05) is 18.2 Å². The van der Waals surface area contributed by atoms with Gasteiger partial charge in [0, 0.05) is 6.04 Å². The number of rotatable bonds is 5. The number of carbonyl (C=O) groups is 1. The number of hydrogen-bond donors (Lipinski definition) is 2. The number of benzene rings is 1. The molecule has 0 spiro atoms. The first kappa shape index (κ1) is 14.7. The van der Waals surface area contributed by atoms with Crippen LogP contribution < -0.4 is 15.8 Å². The normalized spacial score (nSPS) is 16.4. The smallest absolute Gasteiger partial charge is 0.223 e. The molecule has 0 aliphatic heterocycles. The summed E-state index contributed by atoms with van der Waals surface area (Å²) in [6, 6.07) is 7.70. The molecule has 4 nitrogen and oxygen atoms in total. The van der Waals surface area contributed by atoms with E-state index in [-0.39, 0.29) is 5.91 Å². The Morgan fingerprint density at radius 1 is 1.20 bits per heavy atom. The topological polar surface area (TPSA) is 64.3 Å². The maximum atomic E-state index is 11.9. The molecule has 4 heteroatoms. The molecule has 0 unspecified atom stereocenters. The second-order valence-corrected chi connectivity index (χ2v) is 5.39. The maximum Gasteiger partial charge on any atom is 0.223 e. The van der Waals surface area contributed by atoms with Crippen molar-refractivity contribution in [1.29, 1.82) is 0 Å². The number of ether oxygens (including phenoxy) is 1. The molecular formula is C16H24N2O2. The lowest BCUT2D eigenvalue weighted by molar-refractivity contribution is -0.122. The fourth-order valence-electron chi connectivity index (χ4n) is 2.59. The van der Waals surface area contributed by atoms with Crippen LogP contribution in [0.4, 0.5) is 5.69 Å². The van der Waals surface area contributed by atoms with Crippen LogP contribution in [0.15, 0.2) is 24.3 Å². The Kier molecular flexibility index (Phi) is 5.71. The van der Waals surface area contributed by atoms with Crippen LogP contribution in [-0.2, 0) is 4.79 Å². The minimum atomic E-state index is 0.0754. The first-order valence-electron chi connectivity index (χ1n) is 7.52.